The SMILES string of the molecule is c1ccc2[nH]c(CCOCCc3nc4ccccc4[nH]3)nc2c1. The first-order chi connectivity index (χ1) is 11.4. The monoisotopic (exact) mass is 306 g/mol. The van der Waals surface area contributed by atoms with Gasteiger partial charge in [0.25, 0.3) is 0 Å². The Hall–Kier alpha value is -2.66. The van der Waals surface area contributed by atoms with Crippen molar-refractivity contribution >= 4 is 22.1 Å². The summed E-state index contributed by atoms with van der Waals surface area (Å²) in [4.78, 5) is 15.7. The average molecular weight is 306 g/mol. The minimum Gasteiger partial charge on any atom is -0.381 e. The predicted octanol–water partition coefficient (Wildman–Crippen LogP) is 3.24. The summed E-state index contributed by atoms with van der Waals surface area (Å²) >= 11 is 0. The van der Waals surface area contributed by atoms with E-state index in [1.807, 2.05) is 48.5 Å². The molecule has 0 saturated carbocycles. The maximum Gasteiger partial charge on any atom is 0.109 e. The van der Waals surface area contributed by atoms with Gasteiger partial charge in [0, 0.05) is 12.8 Å². The normalized spacial score (nSPS) is 11.5. The van der Waals surface area contributed by atoms with E-state index in [4.69, 9.17) is 4.74 Å². The Bertz CT molecular complexity index is 783. The molecule has 4 rings (SSSR count). The molecule has 0 unspecified atom stereocenters. The van der Waals surface area contributed by atoms with Crippen LogP contribution in [0.5, 0.6) is 0 Å². The van der Waals surface area contributed by atoms with Gasteiger partial charge >= 0.3 is 0 Å². The second-order valence-electron chi connectivity index (χ2n) is 5.51. The van der Waals surface area contributed by atoms with Crippen molar-refractivity contribution in [3.63, 3.8) is 0 Å². The van der Waals surface area contributed by atoms with Crippen LogP contribution in [0, 0.1) is 0 Å². The Kier molecular flexibility index (Phi) is 3.78. The third-order valence-electron chi connectivity index (χ3n) is 3.84. The lowest BCUT2D eigenvalue weighted by atomic mass is 10.3. The molecule has 0 aliphatic rings. The highest BCUT2D eigenvalue weighted by atomic mass is 16.5. The molecule has 0 radical (unpaired) electrons. The zero-order valence-corrected chi connectivity index (χ0v) is 12.7. The molecule has 2 aromatic heterocycles. The molecule has 116 valence electrons. The van der Waals surface area contributed by atoms with Crippen LogP contribution in [-0.2, 0) is 17.6 Å². The fraction of sp³-hybridized carbons (Fsp3) is 0.222. The van der Waals surface area contributed by atoms with Gasteiger partial charge in [-0.3, -0.25) is 0 Å². The van der Waals surface area contributed by atoms with E-state index in [9.17, 15) is 0 Å². The number of aromatic amines is 2. The Labute approximate surface area is 133 Å². The van der Waals surface area contributed by atoms with Gasteiger partial charge in [0.1, 0.15) is 11.6 Å². The number of para-hydroxylation sites is 4. The van der Waals surface area contributed by atoms with Crippen molar-refractivity contribution in [1.29, 1.82) is 0 Å². The number of rotatable bonds is 6. The molecule has 23 heavy (non-hydrogen) atoms. The second-order valence-corrected chi connectivity index (χ2v) is 5.51. The standard InChI is InChI=1S/C18H18N4O/c1-2-6-14-13(5-1)19-17(20-14)9-11-23-12-10-18-21-15-7-3-4-8-16(15)22-18/h1-8H,9-12H2,(H,19,20)(H,21,22). The lowest BCUT2D eigenvalue weighted by Gasteiger charge is -2.01. The van der Waals surface area contributed by atoms with Crippen LogP contribution < -0.4 is 0 Å². The van der Waals surface area contributed by atoms with Crippen LogP contribution in [0.2, 0.25) is 0 Å². The van der Waals surface area contributed by atoms with E-state index in [0.717, 1.165) is 46.6 Å². The van der Waals surface area contributed by atoms with E-state index in [1.165, 1.54) is 0 Å². The van der Waals surface area contributed by atoms with Crippen molar-refractivity contribution in [2.75, 3.05) is 13.2 Å². The smallest absolute Gasteiger partial charge is 0.109 e. The molecule has 2 heterocycles. The second kappa shape index (κ2) is 6.22. The van der Waals surface area contributed by atoms with Crippen LogP contribution in [0.15, 0.2) is 48.5 Å². The Morgan fingerprint density at radius 3 is 1.65 bits per heavy atom. The van der Waals surface area contributed by atoms with Crippen LogP contribution in [0.3, 0.4) is 0 Å². The molecule has 0 amide bonds. The first kappa shape index (κ1) is 14.0. The van der Waals surface area contributed by atoms with Crippen LogP contribution in [0.1, 0.15) is 11.6 Å². The van der Waals surface area contributed by atoms with Gasteiger partial charge < -0.3 is 14.7 Å². The topological polar surface area (TPSA) is 66.6 Å². The van der Waals surface area contributed by atoms with Crippen molar-refractivity contribution < 1.29 is 4.74 Å². The molecular formula is C18H18N4O. The lowest BCUT2D eigenvalue weighted by Crippen LogP contribution is -2.04. The van der Waals surface area contributed by atoms with Gasteiger partial charge in [0.05, 0.1) is 35.3 Å². The highest BCUT2D eigenvalue weighted by molar-refractivity contribution is 5.75. The van der Waals surface area contributed by atoms with Crippen molar-refractivity contribution in [1.82, 2.24) is 19.9 Å². The molecule has 0 fully saturated rings. The third kappa shape index (κ3) is 3.10. The van der Waals surface area contributed by atoms with Gasteiger partial charge in [-0.2, -0.15) is 0 Å². The number of H-pyrrole nitrogens is 2. The van der Waals surface area contributed by atoms with Crippen LogP contribution in [0.25, 0.3) is 22.1 Å². The molecule has 0 aliphatic heterocycles. The number of ether oxygens (including phenoxy) is 1. The summed E-state index contributed by atoms with van der Waals surface area (Å²) in [6.07, 6.45) is 1.57. The summed E-state index contributed by atoms with van der Waals surface area (Å²) in [5.74, 6) is 1.94. The molecule has 4 aromatic rings. The van der Waals surface area contributed by atoms with Crippen molar-refractivity contribution in [2.45, 2.75) is 12.8 Å². The average Bonchev–Trinajstić information content (AvgIpc) is 3.17. The summed E-state index contributed by atoms with van der Waals surface area (Å²) in [6.45, 7) is 1.31. The van der Waals surface area contributed by atoms with E-state index < -0.39 is 0 Å². The van der Waals surface area contributed by atoms with E-state index in [1.54, 1.807) is 0 Å². The van der Waals surface area contributed by atoms with Crippen molar-refractivity contribution in [2.24, 2.45) is 0 Å². The van der Waals surface area contributed by atoms with E-state index in [0.29, 0.717) is 13.2 Å². The van der Waals surface area contributed by atoms with Crippen LogP contribution >= 0.6 is 0 Å². The molecule has 2 aromatic carbocycles. The van der Waals surface area contributed by atoms with Gasteiger partial charge in [-0.1, -0.05) is 24.3 Å². The largest absolute Gasteiger partial charge is 0.381 e. The van der Waals surface area contributed by atoms with E-state index in [-0.39, 0.29) is 0 Å². The Morgan fingerprint density at radius 2 is 1.17 bits per heavy atom. The highest BCUT2D eigenvalue weighted by Crippen LogP contribution is 2.11. The van der Waals surface area contributed by atoms with Gasteiger partial charge in [-0.15, -0.1) is 0 Å². The lowest BCUT2D eigenvalue weighted by molar-refractivity contribution is 0.138. The Balaban J connectivity index is 1.27. The quantitative estimate of drug-likeness (QED) is 0.537. The zero-order valence-electron chi connectivity index (χ0n) is 12.7. The third-order valence-corrected chi connectivity index (χ3v) is 3.84. The maximum absolute atomic E-state index is 5.71. The minimum atomic E-state index is 0.653. The summed E-state index contributed by atoms with van der Waals surface area (Å²) in [7, 11) is 0. The predicted molar refractivity (Wildman–Crippen MR) is 90.4 cm³/mol. The Morgan fingerprint density at radius 1 is 0.696 bits per heavy atom. The minimum absolute atomic E-state index is 0.653. The summed E-state index contributed by atoms with van der Waals surface area (Å²) in [6, 6.07) is 16.1. The molecule has 0 spiro atoms. The summed E-state index contributed by atoms with van der Waals surface area (Å²) in [5, 5.41) is 0. The van der Waals surface area contributed by atoms with Gasteiger partial charge in [0.15, 0.2) is 0 Å². The van der Waals surface area contributed by atoms with E-state index in [2.05, 4.69) is 19.9 Å². The molecule has 2 N–H and O–H groups in total. The van der Waals surface area contributed by atoms with Crippen LogP contribution in [0.4, 0.5) is 0 Å². The molecule has 5 heteroatoms. The molecular weight excluding hydrogens is 288 g/mol. The first-order valence-electron chi connectivity index (χ1n) is 7.83. The fourth-order valence-corrected chi connectivity index (χ4v) is 2.69. The summed E-state index contributed by atoms with van der Waals surface area (Å²) < 4.78 is 5.71. The highest BCUT2D eigenvalue weighted by Gasteiger charge is 2.03. The maximum atomic E-state index is 5.71. The molecule has 0 aliphatic carbocycles. The number of nitrogens with one attached hydrogen (secondary N) is 2. The number of benzene rings is 2. The van der Waals surface area contributed by atoms with Gasteiger partial charge in [-0.25, -0.2) is 9.97 Å². The summed E-state index contributed by atoms with van der Waals surface area (Å²) in [5.41, 5.74) is 4.16. The number of aromatic nitrogens is 4. The number of fused-ring (bicyclic) bond motifs is 2. The molecule has 0 atom stereocenters. The van der Waals surface area contributed by atoms with Gasteiger partial charge in [0.2, 0.25) is 0 Å². The number of hydrogen-bond donors (Lipinski definition) is 2. The molecule has 0 saturated heterocycles. The number of hydrogen-bond acceptors (Lipinski definition) is 3. The fourth-order valence-electron chi connectivity index (χ4n) is 2.69. The number of nitrogens with zero attached hydrogens (tertiary/aromatic N) is 2. The zero-order chi connectivity index (χ0) is 15.5. The van der Waals surface area contributed by atoms with Crippen molar-refractivity contribution in [3.8, 4) is 0 Å². The first-order valence-corrected chi connectivity index (χ1v) is 7.83. The van der Waals surface area contributed by atoms with Crippen molar-refractivity contribution in [3.05, 3.63) is 60.2 Å². The molecule has 5 nitrogen and oxygen atoms in total. The van der Waals surface area contributed by atoms with Gasteiger partial charge in [-0.05, 0) is 24.3 Å². The van der Waals surface area contributed by atoms with E-state index >= 15 is 0 Å². The van der Waals surface area contributed by atoms with Crippen LogP contribution in [-0.4, -0.2) is 33.1 Å². The number of imidazole rings is 2. The molecule has 0 bridgehead atoms.